The lowest BCUT2D eigenvalue weighted by atomic mass is 9.74. The van der Waals surface area contributed by atoms with Gasteiger partial charge in [-0.15, -0.1) is 0 Å². The minimum absolute atomic E-state index is 0.0275. The number of benzene rings is 16. The predicted molar refractivity (Wildman–Crippen MR) is 496 cm³/mol. The lowest BCUT2D eigenvalue weighted by Crippen LogP contribution is -2.26. The molecule has 0 saturated heterocycles. The first-order chi connectivity index (χ1) is 55.8. The number of rotatable bonds is 4. The molecule has 7 heteroatoms. The Bertz CT molecular complexity index is 7410. The fraction of sp³-hybridized carbons (Fsp3) is 0.111. The van der Waals surface area contributed by atoms with Crippen molar-refractivity contribution in [3.8, 4) is 67.3 Å². The third-order valence-corrected chi connectivity index (χ3v) is 27.1. The molecule has 0 bridgehead atoms. The van der Waals surface area contributed by atoms with E-state index in [1.54, 1.807) is 0 Å². The van der Waals surface area contributed by atoms with Crippen LogP contribution in [-0.2, 0) is 21.7 Å². The first-order valence-corrected chi connectivity index (χ1v) is 42.2. The van der Waals surface area contributed by atoms with Crippen molar-refractivity contribution in [2.75, 3.05) is 0 Å². The number of aromatic nitrogens is 4. The molecule has 4 aromatic heterocycles. The van der Waals surface area contributed by atoms with Gasteiger partial charge >= 0.3 is 0 Å². The van der Waals surface area contributed by atoms with Crippen molar-refractivity contribution in [2.24, 2.45) is 0 Å². The number of halogens is 3. The van der Waals surface area contributed by atoms with Gasteiger partial charge in [-0.05, 0) is 210 Å². The summed E-state index contributed by atoms with van der Waals surface area (Å²) in [6.07, 6.45) is 0. The maximum absolute atomic E-state index is 3.74. The highest BCUT2D eigenvalue weighted by atomic mass is 79.9. The summed E-state index contributed by atoms with van der Waals surface area (Å²) in [4.78, 5) is 0. The molecule has 24 rings (SSSR count). The number of hydrogen-bond donors (Lipinski definition) is 0. The summed E-state index contributed by atoms with van der Waals surface area (Å²) in [7, 11) is 0. The summed E-state index contributed by atoms with van der Waals surface area (Å²) in [6.45, 7) is 18.8. The summed E-state index contributed by atoms with van der Waals surface area (Å²) in [5.74, 6) is 0. The van der Waals surface area contributed by atoms with Gasteiger partial charge in [0.1, 0.15) is 0 Å². The third-order valence-electron chi connectivity index (χ3n) is 25.7. The van der Waals surface area contributed by atoms with Crippen LogP contribution >= 0.6 is 47.8 Å². The van der Waals surface area contributed by atoms with E-state index in [4.69, 9.17) is 0 Å². The second kappa shape index (κ2) is 26.6. The molecule has 0 fully saturated rings. The number of para-hydroxylation sites is 5. The molecule has 0 atom stereocenters. The zero-order chi connectivity index (χ0) is 78.1. The van der Waals surface area contributed by atoms with Crippen LogP contribution in [0.2, 0.25) is 0 Å². The van der Waals surface area contributed by atoms with Crippen LogP contribution in [0.3, 0.4) is 0 Å². The molecule has 115 heavy (non-hydrogen) atoms. The molecule has 8 heterocycles. The van der Waals surface area contributed by atoms with E-state index in [1.165, 1.54) is 199 Å². The van der Waals surface area contributed by atoms with Gasteiger partial charge in [0.2, 0.25) is 0 Å². The van der Waals surface area contributed by atoms with Gasteiger partial charge < -0.3 is 18.3 Å². The Kier molecular flexibility index (Phi) is 16.4. The molecular weight excluding hydrogens is 1590 g/mol. The number of nitrogens with zero attached hydrogens (tertiary/aromatic N) is 4. The van der Waals surface area contributed by atoms with Gasteiger partial charge in [-0.25, -0.2) is 0 Å². The Labute approximate surface area is 695 Å². The van der Waals surface area contributed by atoms with Gasteiger partial charge in [0.25, 0.3) is 0 Å². The lowest BCUT2D eigenvalue weighted by molar-refractivity contribution is 0.629. The minimum atomic E-state index is -0.130. The minimum Gasteiger partial charge on any atom is -0.309 e. The van der Waals surface area contributed by atoms with E-state index in [9.17, 15) is 0 Å². The third kappa shape index (κ3) is 10.9. The molecule has 20 aromatic rings. The Morgan fingerprint density at radius 2 is 0.470 bits per heavy atom. The van der Waals surface area contributed by atoms with E-state index in [0.29, 0.717) is 0 Å². The monoisotopic (exact) mass is 1670 g/mol. The van der Waals surface area contributed by atoms with E-state index < -0.39 is 0 Å². The van der Waals surface area contributed by atoms with Gasteiger partial charge in [-0.1, -0.05) is 328 Å². The van der Waals surface area contributed by atoms with Gasteiger partial charge in [0.15, 0.2) is 0 Å². The summed E-state index contributed by atoms with van der Waals surface area (Å²) in [6, 6.07) is 126. The zero-order valence-corrected chi connectivity index (χ0v) is 70.1. The van der Waals surface area contributed by atoms with Gasteiger partial charge in [0.05, 0.1) is 66.9 Å². The highest BCUT2D eigenvalue weighted by molar-refractivity contribution is 9.11. The molecule has 554 valence electrons. The van der Waals surface area contributed by atoms with E-state index in [0.717, 1.165) is 13.4 Å². The molecule has 4 nitrogen and oxygen atoms in total. The molecule has 4 aliphatic rings. The van der Waals surface area contributed by atoms with Crippen molar-refractivity contribution in [3.05, 3.63) is 404 Å². The Hall–Kier alpha value is -11.8. The highest BCUT2D eigenvalue weighted by Crippen LogP contribution is 2.55. The predicted octanol–water partition coefficient (Wildman–Crippen LogP) is 30.6. The summed E-state index contributed by atoms with van der Waals surface area (Å²) in [5, 5.41) is 10.5. The van der Waals surface area contributed by atoms with Crippen molar-refractivity contribution < 1.29 is 0 Å². The molecule has 0 amide bonds. The molecule has 0 unspecified atom stereocenters. The highest BCUT2D eigenvalue weighted by Gasteiger charge is 2.40. The van der Waals surface area contributed by atoms with Crippen LogP contribution in [0.4, 0.5) is 0 Å². The van der Waals surface area contributed by atoms with Crippen LogP contribution in [0.25, 0.3) is 154 Å². The van der Waals surface area contributed by atoms with Gasteiger partial charge in [-0.3, -0.25) is 0 Å². The van der Waals surface area contributed by atoms with Crippen molar-refractivity contribution in [2.45, 2.75) is 77.0 Å². The molecule has 0 radical (unpaired) electrons. The SMILES string of the molecule is CC1(C)c2cc(Br)ccc2-n2c3ccc(-c4ccccc4)cc3c3cc(-c4ccccc4)cc1c32.CC1(C)c2ccccc2-n2c3ccc(-c4ccccc4)cc3c3cc(-c4ccccc4)cc1c32.CC1(C)c2ccccc2-n2c3ccc(Br)cc3c3cc(Br)cc1c32.CC1(C)c2ccccc2-n2c3ccccc3c3cccc1c32. The molecule has 0 saturated carbocycles. The average Bonchev–Trinajstić information content (AvgIpc) is 1.57. The number of hydrogen-bond acceptors (Lipinski definition) is 0. The summed E-state index contributed by atoms with van der Waals surface area (Å²) >= 11 is 11.1. The standard InChI is InChI=1S/C33H24BrN.C33H25N.C21H15Br2N.C21H17N/c1-33(2)28-20-25(34)14-16-31(28)35-30-15-13-23(21-9-5-3-6-10-21)17-26(30)27-18-24(19-29(33)32(27)35)22-11-7-4-8-12-22;1-33(2)28-15-9-10-16-31(28)34-30-18-17-24(22-11-5-3-6-12-22)19-26(30)27-20-25(21-29(33)32(27)34)23-13-7-4-8-14-23;1-21(2)16-5-3-4-6-19(16)24-18-8-7-12(22)9-14(18)15-10-13(23)11-17(21)20(15)24;1-21(2)16-10-4-6-13-19(16)22-18-12-5-3-8-14(18)15-9-7-11-17(21)20(15)22/h3-20H,1-2H3;3-21H,1-2H3;3-11H,1-2H3;3-13H,1-2H3. The maximum atomic E-state index is 3.74. The van der Waals surface area contributed by atoms with Crippen LogP contribution in [0.1, 0.15) is 99.9 Å². The smallest absolute Gasteiger partial charge is 0.0582 e. The second-order valence-electron chi connectivity index (χ2n) is 33.6. The Balaban J connectivity index is 0.0000000978. The van der Waals surface area contributed by atoms with Crippen LogP contribution in [0.5, 0.6) is 0 Å². The quantitative estimate of drug-likeness (QED) is 0.167. The molecule has 4 aliphatic heterocycles. The largest absolute Gasteiger partial charge is 0.309 e. The fourth-order valence-electron chi connectivity index (χ4n) is 19.9. The zero-order valence-electron chi connectivity index (χ0n) is 65.3. The lowest BCUT2D eigenvalue weighted by Gasteiger charge is -2.35. The maximum Gasteiger partial charge on any atom is 0.0582 e. The van der Waals surface area contributed by atoms with Crippen LogP contribution in [0, 0.1) is 0 Å². The van der Waals surface area contributed by atoms with E-state index >= 15 is 0 Å². The van der Waals surface area contributed by atoms with Crippen molar-refractivity contribution in [3.63, 3.8) is 0 Å². The normalized spacial score (nSPS) is 14.3. The molecule has 0 aliphatic carbocycles. The summed E-state index contributed by atoms with van der Waals surface area (Å²) in [5.41, 5.74) is 36.5. The topological polar surface area (TPSA) is 19.7 Å². The van der Waals surface area contributed by atoms with Crippen LogP contribution in [0.15, 0.2) is 359 Å². The molecule has 0 spiro atoms. The first kappa shape index (κ1) is 71.0. The van der Waals surface area contributed by atoms with E-state index in [2.05, 4.69) is 467 Å². The average molecular weight is 1670 g/mol. The fourth-order valence-corrected chi connectivity index (χ4v) is 21.1. The molecular formula is C108H81Br3N4. The summed E-state index contributed by atoms with van der Waals surface area (Å²) < 4.78 is 13.2. The van der Waals surface area contributed by atoms with E-state index in [-0.39, 0.29) is 21.7 Å². The van der Waals surface area contributed by atoms with Gasteiger partial charge in [-0.2, -0.15) is 0 Å². The van der Waals surface area contributed by atoms with Crippen molar-refractivity contribution >= 4 is 135 Å². The molecule has 0 N–H and O–H groups in total. The van der Waals surface area contributed by atoms with Crippen LogP contribution < -0.4 is 0 Å². The number of fused-ring (bicyclic) bond motifs is 20. The Morgan fingerprint density at radius 3 is 0.948 bits per heavy atom. The second-order valence-corrected chi connectivity index (χ2v) is 36.3. The van der Waals surface area contributed by atoms with Crippen LogP contribution in [-0.4, -0.2) is 18.3 Å². The first-order valence-electron chi connectivity index (χ1n) is 39.9. The van der Waals surface area contributed by atoms with Crippen molar-refractivity contribution in [1.29, 1.82) is 0 Å². The Morgan fingerprint density at radius 1 is 0.174 bits per heavy atom. The van der Waals surface area contributed by atoms with Crippen molar-refractivity contribution in [1.82, 2.24) is 18.3 Å². The van der Waals surface area contributed by atoms with E-state index in [1.807, 2.05) is 0 Å². The molecule has 16 aromatic carbocycles. The van der Waals surface area contributed by atoms with Gasteiger partial charge in [0, 0.05) is 78.2 Å².